The van der Waals surface area contributed by atoms with E-state index in [1.54, 1.807) is 34.7 Å². The van der Waals surface area contributed by atoms with Gasteiger partial charge >= 0.3 is 6.18 Å². The standard InChI is InChI=1S/C21H17ClF3N7O/c1-20(11-8-28-31(2)10-11)7-13(14-9-27-17-6-16(22)30-32(17)18(14)20)19(33)29-12-3-4-26-15(5-12)21(23,24)25/h3-6,8-10,13H,7H2,1-2H3,(H,26,29,33). The lowest BCUT2D eigenvalue weighted by atomic mass is 9.80. The number of carbonyl (C=O) groups excluding carboxylic acids is 1. The Morgan fingerprint density at radius 1 is 1.27 bits per heavy atom. The highest BCUT2D eigenvalue weighted by Crippen LogP contribution is 2.50. The highest BCUT2D eigenvalue weighted by Gasteiger charge is 2.47. The van der Waals surface area contributed by atoms with Gasteiger partial charge in [-0.1, -0.05) is 11.6 Å². The number of hydrogen-bond acceptors (Lipinski definition) is 5. The maximum absolute atomic E-state index is 13.3. The molecule has 0 aliphatic heterocycles. The van der Waals surface area contributed by atoms with Crippen molar-refractivity contribution in [2.75, 3.05) is 5.32 Å². The van der Waals surface area contributed by atoms with E-state index in [4.69, 9.17) is 11.6 Å². The molecule has 0 spiro atoms. The number of halogens is 4. The average molecular weight is 476 g/mol. The van der Waals surface area contributed by atoms with Gasteiger partial charge in [-0.15, -0.1) is 0 Å². The number of pyridine rings is 1. The molecule has 0 saturated heterocycles. The smallest absolute Gasteiger partial charge is 0.325 e. The summed E-state index contributed by atoms with van der Waals surface area (Å²) in [4.78, 5) is 21.0. The minimum Gasteiger partial charge on any atom is -0.325 e. The topological polar surface area (TPSA) is 90.0 Å². The summed E-state index contributed by atoms with van der Waals surface area (Å²) in [6.07, 6.45) is 1.92. The molecule has 33 heavy (non-hydrogen) atoms. The van der Waals surface area contributed by atoms with E-state index in [1.165, 1.54) is 6.07 Å². The number of nitrogens with one attached hydrogen (secondary N) is 1. The fourth-order valence-electron chi connectivity index (χ4n) is 4.43. The number of fused-ring (bicyclic) bond motifs is 3. The number of anilines is 1. The Morgan fingerprint density at radius 3 is 2.76 bits per heavy atom. The van der Waals surface area contributed by atoms with Crippen molar-refractivity contribution in [2.45, 2.75) is 30.9 Å². The SMILES string of the molecule is Cn1cc(C2(C)CC(C(=O)Nc3ccnc(C(F)(F)F)c3)c3cnc4cc(Cl)nn4c32)cn1. The van der Waals surface area contributed by atoms with Crippen LogP contribution < -0.4 is 5.32 Å². The van der Waals surface area contributed by atoms with Gasteiger partial charge in [0.15, 0.2) is 10.8 Å². The van der Waals surface area contributed by atoms with Gasteiger partial charge in [-0.05, 0) is 25.5 Å². The Labute approximate surface area is 190 Å². The Morgan fingerprint density at radius 2 is 2.06 bits per heavy atom. The fraction of sp³-hybridized carbons (Fsp3) is 0.286. The van der Waals surface area contributed by atoms with Crippen LogP contribution in [0.25, 0.3) is 5.65 Å². The quantitative estimate of drug-likeness (QED) is 0.484. The molecule has 170 valence electrons. The molecule has 4 aromatic rings. The monoisotopic (exact) mass is 475 g/mol. The first kappa shape index (κ1) is 21.4. The minimum absolute atomic E-state index is 0.00928. The van der Waals surface area contributed by atoms with Gasteiger partial charge in [-0.25, -0.2) is 9.50 Å². The highest BCUT2D eigenvalue weighted by molar-refractivity contribution is 6.29. The molecule has 2 unspecified atom stereocenters. The summed E-state index contributed by atoms with van der Waals surface area (Å²) < 4.78 is 42.4. The fourth-order valence-corrected chi connectivity index (χ4v) is 4.60. The maximum Gasteiger partial charge on any atom is 0.433 e. The molecule has 2 atom stereocenters. The van der Waals surface area contributed by atoms with Gasteiger partial charge in [0.25, 0.3) is 0 Å². The Kier molecular flexibility index (Phi) is 4.71. The summed E-state index contributed by atoms with van der Waals surface area (Å²) in [6, 6.07) is 3.75. The van der Waals surface area contributed by atoms with E-state index in [0.717, 1.165) is 23.5 Å². The van der Waals surface area contributed by atoms with Gasteiger partial charge in [0.1, 0.15) is 5.69 Å². The first-order chi connectivity index (χ1) is 15.6. The van der Waals surface area contributed by atoms with Crippen molar-refractivity contribution in [3.63, 3.8) is 0 Å². The first-order valence-corrected chi connectivity index (χ1v) is 10.3. The van der Waals surface area contributed by atoms with Crippen molar-refractivity contribution < 1.29 is 18.0 Å². The van der Waals surface area contributed by atoms with Gasteiger partial charge in [0, 0.05) is 53.9 Å². The predicted molar refractivity (Wildman–Crippen MR) is 113 cm³/mol. The molecular weight excluding hydrogens is 459 g/mol. The number of nitrogens with zero attached hydrogens (tertiary/aromatic N) is 6. The number of aromatic nitrogens is 6. The third-order valence-electron chi connectivity index (χ3n) is 5.97. The van der Waals surface area contributed by atoms with Crippen LogP contribution in [0, 0.1) is 0 Å². The molecule has 0 aromatic carbocycles. The van der Waals surface area contributed by atoms with Crippen LogP contribution in [0.5, 0.6) is 0 Å². The lowest BCUT2D eigenvalue weighted by Crippen LogP contribution is -2.25. The second-order valence-corrected chi connectivity index (χ2v) is 8.59. The second-order valence-electron chi connectivity index (χ2n) is 8.21. The number of carbonyl (C=O) groups is 1. The molecule has 0 radical (unpaired) electrons. The molecule has 1 amide bonds. The van der Waals surface area contributed by atoms with Gasteiger partial charge < -0.3 is 5.32 Å². The highest BCUT2D eigenvalue weighted by atomic mass is 35.5. The van der Waals surface area contributed by atoms with Crippen LogP contribution in [0.3, 0.4) is 0 Å². The Bertz CT molecular complexity index is 1400. The van der Waals surface area contributed by atoms with Crippen molar-refractivity contribution in [1.82, 2.24) is 29.4 Å². The van der Waals surface area contributed by atoms with Crippen molar-refractivity contribution in [2.24, 2.45) is 7.05 Å². The van der Waals surface area contributed by atoms with E-state index in [2.05, 4.69) is 25.5 Å². The van der Waals surface area contributed by atoms with Crippen LogP contribution in [0.2, 0.25) is 5.15 Å². The lowest BCUT2D eigenvalue weighted by Gasteiger charge is -2.24. The normalized spacial score (nSPS) is 20.2. The molecule has 0 bridgehead atoms. The van der Waals surface area contributed by atoms with Crippen LogP contribution in [-0.2, 0) is 23.4 Å². The predicted octanol–water partition coefficient (Wildman–Crippen LogP) is 3.96. The molecule has 4 aromatic heterocycles. The Balaban J connectivity index is 1.58. The number of alkyl halides is 3. The van der Waals surface area contributed by atoms with E-state index < -0.39 is 29.1 Å². The number of hydrogen-bond donors (Lipinski definition) is 1. The van der Waals surface area contributed by atoms with E-state index >= 15 is 0 Å². The molecule has 1 aliphatic rings. The van der Waals surface area contributed by atoms with Gasteiger partial charge in [-0.2, -0.15) is 23.4 Å². The first-order valence-electron chi connectivity index (χ1n) is 9.94. The molecule has 1 aliphatic carbocycles. The third-order valence-corrected chi connectivity index (χ3v) is 6.15. The van der Waals surface area contributed by atoms with Crippen molar-refractivity contribution >= 4 is 28.8 Å². The number of rotatable bonds is 3. The average Bonchev–Trinajstić information content (AvgIpc) is 3.43. The summed E-state index contributed by atoms with van der Waals surface area (Å²) in [7, 11) is 1.79. The molecule has 12 heteroatoms. The molecule has 5 rings (SSSR count). The van der Waals surface area contributed by atoms with Crippen molar-refractivity contribution in [1.29, 1.82) is 0 Å². The summed E-state index contributed by atoms with van der Waals surface area (Å²) in [6.45, 7) is 1.97. The van der Waals surface area contributed by atoms with Crippen LogP contribution in [0.1, 0.15) is 41.8 Å². The summed E-state index contributed by atoms with van der Waals surface area (Å²) in [5, 5.41) is 11.5. The largest absolute Gasteiger partial charge is 0.433 e. The zero-order valence-electron chi connectivity index (χ0n) is 17.4. The second kappa shape index (κ2) is 7.27. The van der Waals surface area contributed by atoms with E-state index in [1.807, 2.05) is 13.1 Å². The van der Waals surface area contributed by atoms with Crippen LogP contribution in [0.15, 0.2) is 43.0 Å². The lowest BCUT2D eigenvalue weighted by molar-refractivity contribution is -0.141. The van der Waals surface area contributed by atoms with Crippen LogP contribution >= 0.6 is 11.6 Å². The number of aryl methyl sites for hydroxylation is 1. The van der Waals surface area contributed by atoms with E-state index in [0.29, 0.717) is 17.6 Å². The number of amides is 1. The van der Waals surface area contributed by atoms with Gasteiger partial charge in [0.2, 0.25) is 5.91 Å². The van der Waals surface area contributed by atoms with Gasteiger partial charge in [-0.3, -0.25) is 14.5 Å². The van der Waals surface area contributed by atoms with Crippen molar-refractivity contribution in [3.8, 4) is 0 Å². The third kappa shape index (κ3) is 3.52. The molecule has 0 fully saturated rings. The Hall–Kier alpha value is -3.47. The summed E-state index contributed by atoms with van der Waals surface area (Å²) >= 11 is 6.12. The van der Waals surface area contributed by atoms with E-state index in [9.17, 15) is 18.0 Å². The zero-order valence-corrected chi connectivity index (χ0v) is 18.2. The molecule has 1 N–H and O–H groups in total. The zero-order chi connectivity index (χ0) is 23.5. The molecule has 8 nitrogen and oxygen atoms in total. The minimum atomic E-state index is -4.62. The molecule has 4 heterocycles. The molecular formula is C21H17ClF3N7O. The summed E-state index contributed by atoms with van der Waals surface area (Å²) in [5.74, 6) is -1.14. The maximum atomic E-state index is 13.3. The van der Waals surface area contributed by atoms with E-state index in [-0.39, 0.29) is 10.8 Å². The van der Waals surface area contributed by atoms with Gasteiger partial charge in [0.05, 0.1) is 17.8 Å². The van der Waals surface area contributed by atoms with Crippen LogP contribution in [-0.4, -0.2) is 35.3 Å². The van der Waals surface area contributed by atoms with Crippen molar-refractivity contribution in [3.05, 3.63) is 70.7 Å². The van der Waals surface area contributed by atoms with Crippen LogP contribution in [0.4, 0.5) is 18.9 Å². The molecule has 0 saturated carbocycles. The summed E-state index contributed by atoms with van der Waals surface area (Å²) in [5.41, 5.74) is 1.01.